The van der Waals surface area contributed by atoms with E-state index in [9.17, 15) is 4.79 Å². The van der Waals surface area contributed by atoms with Crippen molar-refractivity contribution in [3.8, 4) is 0 Å². The molecule has 0 N–H and O–H groups in total. The van der Waals surface area contributed by atoms with Crippen molar-refractivity contribution in [2.75, 3.05) is 13.2 Å². The van der Waals surface area contributed by atoms with Gasteiger partial charge in [0, 0.05) is 5.56 Å². The fourth-order valence-corrected chi connectivity index (χ4v) is 4.61. The number of unbranched alkanes of at least 4 members (excludes halogenated alkanes) is 14. The van der Waals surface area contributed by atoms with Crippen LogP contribution < -0.4 is 0 Å². The maximum Gasteiger partial charge on any atom is 0.222 e. The van der Waals surface area contributed by atoms with Crippen molar-refractivity contribution in [2.45, 2.75) is 109 Å². The van der Waals surface area contributed by atoms with Crippen LogP contribution in [0.4, 0.5) is 0 Å². The van der Waals surface area contributed by atoms with E-state index < -0.39 is 6.29 Å². The summed E-state index contributed by atoms with van der Waals surface area (Å²) >= 11 is 0. The zero-order chi connectivity index (χ0) is 26.4. The highest BCUT2D eigenvalue weighted by Crippen LogP contribution is 2.19. The molecule has 204 valence electrons. The minimum Gasteiger partial charge on any atom is -0.346 e. The number of allylic oxidation sites excluding steroid dienone is 2. The number of hydrogen-bond acceptors (Lipinski definition) is 3. The van der Waals surface area contributed by atoms with Crippen molar-refractivity contribution in [2.24, 2.45) is 0 Å². The van der Waals surface area contributed by atoms with E-state index in [1.54, 1.807) is 0 Å². The molecule has 0 unspecified atom stereocenters. The largest absolute Gasteiger partial charge is 0.346 e. The van der Waals surface area contributed by atoms with Crippen LogP contribution in [-0.4, -0.2) is 25.3 Å². The number of carbonyl (C=O) groups excluding carboxylic acids is 1. The molecule has 0 saturated heterocycles. The predicted molar refractivity (Wildman–Crippen MR) is 158 cm³/mol. The maximum absolute atomic E-state index is 13.3. The van der Waals surface area contributed by atoms with Crippen molar-refractivity contribution in [1.29, 1.82) is 0 Å². The number of rotatable bonds is 24. The van der Waals surface area contributed by atoms with Crippen LogP contribution in [0.15, 0.2) is 67.8 Å². The van der Waals surface area contributed by atoms with E-state index in [1.807, 2.05) is 48.6 Å². The van der Waals surface area contributed by atoms with Gasteiger partial charge in [0.25, 0.3) is 0 Å². The van der Waals surface area contributed by atoms with Gasteiger partial charge in [0.05, 0.1) is 13.2 Å². The zero-order valence-corrected chi connectivity index (χ0v) is 23.1. The molecule has 2 rings (SSSR count). The Balaban J connectivity index is 1.75. The second kappa shape index (κ2) is 20.8. The Bertz CT molecular complexity index is 860. The van der Waals surface area contributed by atoms with Gasteiger partial charge in [-0.25, -0.2) is 0 Å². The van der Waals surface area contributed by atoms with Crippen LogP contribution in [0.3, 0.4) is 0 Å². The first-order valence-corrected chi connectivity index (χ1v) is 14.7. The summed E-state index contributed by atoms with van der Waals surface area (Å²) in [5.41, 5.74) is 0.655. The number of fused-ring (bicyclic) bond motifs is 1. The lowest BCUT2D eigenvalue weighted by Crippen LogP contribution is -2.28. The molecule has 0 fully saturated rings. The van der Waals surface area contributed by atoms with E-state index in [0.29, 0.717) is 18.8 Å². The summed E-state index contributed by atoms with van der Waals surface area (Å²) in [6, 6.07) is 14.0. The first-order chi connectivity index (χ1) is 18.3. The third-order valence-corrected chi connectivity index (χ3v) is 6.89. The van der Waals surface area contributed by atoms with Crippen molar-refractivity contribution in [1.82, 2.24) is 0 Å². The van der Waals surface area contributed by atoms with E-state index in [0.717, 1.165) is 49.3 Å². The lowest BCUT2D eigenvalue weighted by Gasteiger charge is -2.18. The van der Waals surface area contributed by atoms with Gasteiger partial charge in [-0.3, -0.25) is 4.79 Å². The molecule has 3 nitrogen and oxygen atoms in total. The third kappa shape index (κ3) is 13.8. The van der Waals surface area contributed by atoms with Crippen molar-refractivity contribution in [3.63, 3.8) is 0 Å². The Morgan fingerprint density at radius 2 is 1.08 bits per heavy atom. The summed E-state index contributed by atoms with van der Waals surface area (Å²) in [5, 5.41) is 2.19. The molecular weight excluding hydrogens is 456 g/mol. The number of benzene rings is 2. The van der Waals surface area contributed by atoms with Crippen LogP contribution in [0, 0.1) is 0 Å². The van der Waals surface area contributed by atoms with Gasteiger partial charge in [-0.15, -0.1) is 13.2 Å². The fourth-order valence-electron chi connectivity index (χ4n) is 4.61. The Kier molecular flexibility index (Phi) is 17.4. The minimum atomic E-state index is -0.820. The molecule has 0 aliphatic rings. The van der Waals surface area contributed by atoms with E-state index in [4.69, 9.17) is 9.47 Å². The van der Waals surface area contributed by atoms with Gasteiger partial charge in [0.2, 0.25) is 12.1 Å². The average molecular weight is 507 g/mol. The standard InChI is InChI=1S/C34H50O3/c1-3-5-7-9-11-13-15-17-21-27-36-34(37-28-22-18-16-14-12-10-8-6-4-2)33(35)32-26-25-30-23-19-20-24-31(30)29-32/h3-4,19-20,23-26,29,34H,1-2,5-18,21-22,27-28H2. The third-order valence-electron chi connectivity index (χ3n) is 6.89. The topological polar surface area (TPSA) is 35.5 Å². The maximum atomic E-state index is 13.3. The van der Waals surface area contributed by atoms with E-state index in [-0.39, 0.29) is 5.78 Å². The predicted octanol–water partition coefficient (Wildman–Crippen LogP) is 10.00. The van der Waals surface area contributed by atoms with Crippen molar-refractivity contribution in [3.05, 3.63) is 73.3 Å². The molecule has 2 aromatic carbocycles. The van der Waals surface area contributed by atoms with E-state index in [1.165, 1.54) is 64.2 Å². The van der Waals surface area contributed by atoms with Crippen LogP contribution >= 0.6 is 0 Å². The summed E-state index contributed by atoms with van der Waals surface area (Å²) in [5.74, 6) is -0.0739. The molecule has 0 amide bonds. The highest BCUT2D eigenvalue weighted by molar-refractivity contribution is 6.01. The molecule has 0 saturated carbocycles. The van der Waals surface area contributed by atoms with Gasteiger partial charge in [-0.1, -0.05) is 113 Å². The lowest BCUT2D eigenvalue weighted by molar-refractivity contribution is -0.115. The molecular formula is C34H50O3. The molecule has 0 spiro atoms. The molecule has 0 aliphatic heterocycles. The summed E-state index contributed by atoms with van der Waals surface area (Å²) in [4.78, 5) is 13.3. The van der Waals surface area contributed by atoms with E-state index in [2.05, 4.69) is 19.2 Å². The van der Waals surface area contributed by atoms with Crippen molar-refractivity contribution >= 4 is 16.6 Å². The second-order valence-electron chi connectivity index (χ2n) is 10.1. The monoisotopic (exact) mass is 506 g/mol. The van der Waals surface area contributed by atoms with Crippen molar-refractivity contribution < 1.29 is 14.3 Å². The van der Waals surface area contributed by atoms with Gasteiger partial charge in [-0.2, -0.15) is 0 Å². The second-order valence-corrected chi connectivity index (χ2v) is 10.1. The molecule has 0 heterocycles. The lowest BCUT2D eigenvalue weighted by atomic mass is 10.0. The molecule has 0 bridgehead atoms. The first kappa shape index (κ1) is 31.0. The number of ketones is 1. The quantitative estimate of drug-likeness (QED) is 0.0615. The van der Waals surface area contributed by atoms with Crippen LogP contribution in [0.5, 0.6) is 0 Å². The molecule has 0 aromatic heterocycles. The Labute approximate surface area is 226 Å². The number of carbonyl (C=O) groups is 1. The minimum absolute atomic E-state index is 0.0739. The number of Topliss-reactive ketones (excluding diaryl/α,β-unsaturated/α-hetero) is 1. The van der Waals surface area contributed by atoms with Gasteiger partial charge < -0.3 is 9.47 Å². The Hall–Kier alpha value is -2.23. The Morgan fingerprint density at radius 3 is 1.59 bits per heavy atom. The van der Waals surface area contributed by atoms with Crippen LogP contribution in [0.1, 0.15) is 113 Å². The molecule has 2 aromatic rings. The summed E-state index contributed by atoms with van der Waals surface area (Å²) < 4.78 is 12.0. The normalized spacial score (nSPS) is 11.3. The molecule has 3 heteroatoms. The smallest absolute Gasteiger partial charge is 0.222 e. The van der Waals surface area contributed by atoms with Crippen LogP contribution in [0.2, 0.25) is 0 Å². The number of ether oxygens (including phenoxy) is 2. The van der Waals surface area contributed by atoms with Gasteiger partial charge >= 0.3 is 0 Å². The molecule has 0 aliphatic carbocycles. The molecule has 37 heavy (non-hydrogen) atoms. The zero-order valence-electron chi connectivity index (χ0n) is 23.1. The SMILES string of the molecule is C=CCCCCCCCCCOC(OCCCCCCCCCC=C)C(=O)c1ccc2ccccc2c1. The summed E-state index contributed by atoms with van der Waals surface area (Å²) in [6.07, 6.45) is 22.2. The fraction of sp³-hybridized carbons (Fsp3) is 0.559. The Morgan fingerprint density at radius 1 is 0.622 bits per heavy atom. The highest BCUT2D eigenvalue weighted by atomic mass is 16.7. The summed E-state index contributed by atoms with van der Waals surface area (Å²) in [7, 11) is 0. The van der Waals surface area contributed by atoms with Crippen LogP contribution in [-0.2, 0) is 9.47 Å². The molecule has 0 atom stereocenters. The van der Waals surface area contributed by atoms with Gasteiger partial charge in [0.15, 0.2) is 0 Å². The van der Waals surface area contributed by atoms with Gasteiger partial charge in [-0.05, 0) is 55.4 Å². The number of hydrogen-bond donors (Lipinski definition) is 0. The first-order valence-electron chi connectivity index (χ1n) is 14.7. The van der Waals surface area contributed by atoms with Crippen LogP contribution in [0.25, 0.3) is 10.8 Å². The summed E-state index contributed by atoms with van der Waals surface area (Å²) in [6.45, 7) is 8.69. The highest BCUT2D eigenvalue weighted by Gasteiger charge is 2.21. The average Bonchev–Trinajstić information content (AvgIpc) is 2.93. The molecule has 0 radical (unpaired) electrons. The van der Waals surface area contributed by atoms with E-state index >= 15 is 0 Å². The van der Waals surface area contributed by atoms with Gasteiger partial charge in [0.1, 0.15) is 0 Å².